The van der Waals surface area contributed by atoms with Gasteiger partial charge in [-0.2, -0.15) is 0 Å². The van der Waals surface area contributed by atoms with E-state index in [1.54, 1.807) is 0 Å². The molecule has 0 rings (SSSR count). The van der Waals surface area contributed by atoms with E-state index in [9.17, 15) is 0 Å². The summed E-state index contributed by atoms with van der Waals surface area (Å²) in [6.07, 6.45) is 2.34. The summed E-state index contributed by atoms with van der Waals surface area (Å²) in [5, 5.41) is 3.37. The van der Waals surface area contributed by atoms with Crippen LogP contribution in [-0.2, 0) is 0 Å². The van der Waals surface area contributed by atoms with Crippen LogP contribution in [-0.4, -0.2) is 19.1 Å². The first kappa shape index (κ1) is 19.1. The Morgan fingerprint density at radius 3 is 1.85 bits per heavy atom. The molecule has 0 aliphatic carbocycles. The lowest BCUT2D eigenvalue weighted by atomic mass is 10.1. The van der Waals surface area contributed by atoms with Gasteiger partial charge in [0.15, 0.2) is 0 Å². The molecule has 0 radical (unpaired) electrons. The number of hydrogen-bond donors (Lipinski definition) is 2. The summed E-state index contributed by atoms with van der Waals surface area (Å²) in [6, 6.07) is 0.335. The van der Waals surface area contributed by atoms with Gasteiger partial charge in [0.1, 0.15) is 0 Å². The summed E-state index contributed by atoms with van der Waals surface area (Å²) in [5.74, 6) is 0.804. The fourth-order valence-electron chi connectivity index (χ4n) is 0.845. The van der Waals surface area contributed by atoms with Crippen molar-refractivity contribution < 1.29 is 0 Å². The second-order valence-corrected chi connectivity index (χ2v) is 3.70. The molecule has 84 valence electrons. The molecule has 0 saturated carbocycles. The van der Waals surface area contributed by atoms with Crippen LogP contribution in [0.25, 0.3) is 0 Å². The molecule has 0 aromatic carbocycles. The average Bonchev–Trinajstić information content (AvgIpc) is 1.85. The molecule has 0 saturated heterocycles. The van der Waals surface area contributed by atoms with Crippen LogP contribution in [0.3, 0.4) is 0 Å². The van der Waals surface area contributed by atoms with Crippen molar-refractivity contribution in [2.75, 3.05) is 13.1 Å². The zero-order valence-electron chi connectivity index (χ0n) is 8.88. The van der Waals surface area contributed by atoms with E-state index in [0.29, 0.717) is 6.04 Å². The molecular weight excluding hydrogens is 207 g/mol. The van der Waals surface area contributed by atoms with E-state index in [1.807, 2.05) is 6.92 Å². The summed E-state index contributed by atoms with van der Waals surface area (Å²) in [6.45, 7) is 8.72. The van der Waals surface area contributed by atoms with Crippen molar-refractivity contribution in [1.29, 1.82) is 0 Å². The minimum absolute atomic E-state index is 0. The Morgan fingerprint density at radius 2 is 1.46 bits per heavy atom. The van der Waals surface area contributed by atoms with E-state index in [4.69, 9.17) is 5.73 Å². The molecule has 1 atom stereocenters. The third kappa shape index (κ3) is 19.1. The predicted molar refractivity (Wildman–Crippen MR) is 65.1 cm³/mol. The molecule has 0 fully saturated rings. The summed E-state index contributed by atoms with van der Waals surface area (Å²) in [5.41, 5.74) is 5.59. The van der Waals surface area contributed by atoms with Crippen LogP contribution in [0.15, 0.2) is 0 Å². The molecule has 0 unspecified atom stereocenters. The largest absolute Gasteiger partial charge is 0.328 e. The molecule has 13 heavy (non-hydrogen) atoms. The third-order valence-corrected chi connectivity index (χ3v) is 1.67. The zero-order valence-corrected chi connectivity index (χ0v) is 10.5. The minimum atomic E-state index is 0. The van der Waals surface area contributed by atoms with Crippen molar-refractivity contribution in [3.05, 3.63) is 0 Å². The Bertz CT molecular complexity index is 77.7. The van der Waals surface area contributed by atoms with Gasteiger partial charge in [-0.05, 0) is 38.8 Å². The molecule has 0 heterocycles. The van der Waals surface area contributed by atoms with Crippen molar-refractivity contribution in [2.45, 2.75) is 39.7 Å². The highest BCUT2D eigenvalue weighted by molar-refractivity contribution is 5.85. The van der Waals surface area contributed by atoms with E-state index in [-0.39, 0.29) is 24.8 Å². The van der Waals surface area contributed by atoms with Gasteiger partial charge in [0.2, 0.25) is 0 Å². The number of hydrogen-bond acceptors (Lipinski definition) is 2. The Balaban J connectivity index is -0.000000500. The molecule has 0 aromatic heterocycles. The smallest absolute Gasteiger partial charge is 0.00225 e. The van der Waals surface area contributed by atoms with E-state index >= 15 is 0 Å². The second-order valence-electron chi connectivity index (χ2n) is 3.70. The van der Waals surface area contributed by atoms with Crippen molar-refractivity contribution >= 4 is 24.8 Å². The first-order valence-corrected chi connectivity index (χ1v) is 4.59. The zero-order chi connectivity index (χ0) is 8.69. The highest BCUT2D eigenvalue weighted by atomic mass is 35.5. The lowest BCUT2D eigenvalue weighted by Gasteiger charge is -2.08. The number of halogens is 2. The van der Waals surface area contributed by atoms with Gasteiger partial charge in [-0.25, -0.2) is 0 Å². The van der Waals surface area contributed by atoms with Crippen LogP contribution in [0.2, 0.25) is 0 Å². The maximum atomic E-state index is 5.59. The maximum absolute atomic E-state index is 5.59. The molecule has 0 amide bonds. The molecule has 3 N–H and O–H groups in total. The van der Waals surface area contributed by atoms with Gasteiger partial charge < -0.3 is 11.1 Å². The molecule has 0 aromatic rings. The van der Waals surface area contributed by atoms with E-state index in [0.717, 1.165) is 25.4 Å². The fraction of sp³-hybridized carbons (Fsp3) is 1.00. The second kappa shape index (κ2) is 12.5. The Morgan fingerprint density at radius 1 is 1.00 bits per heavy atom. The quantitative estimate of drug-likeness (QED) is 0.688. The minimum Gasteiger partial charge on any atom is -0.328 e. The molecule has 0 aliphatic rings. The van der Waals surface area contributed by atoms with Gasteiger partial charge in [-0.3, -0.25) is 0 Å². The van der Waals surface area contributed by atoms with Crippen LogP contribution in [0.5, 0.6) is 0 Å². The lowest BCUT2D eigenvalue weighted by Crippen LogP contribution is -2.25. The summed E-state index contributed by atoms with van der Waals surface area (Å²) in [4.78, 5) is 0. The SMILES string of the molecule is CC(C)CCNCC[C@H](C)N.Cl.Cl. The molecule has 0 spiro atoms. The van der Waals surface area contributed by atoms with Crippen LogP contribution >= 0.6 is 24.8 Å². The van der Waals surface area contributed by atoms with Crippen LogP contribution in [0, 0.1) is 5.92 Å². The summed E-state index contributed by atoms with van der Waals surface area (Å²) in [7, 11) is 0. The molecule has 0 bridgehead atoms. The lowest BCUT2D eigenvalue weighted by molar-refractivity contribution is 0.519. The normalized spacial score (nSPS) is 11.8. The monoisotopic (exact) mass is 230 g/mol. The van der Waals surface area contributed by atoms with Gasteiger partial charge in [0, 0.05) is 6.04 Å². The number of nitrogens with two attached hydrogens (primary N) is 1. The van der Waals surface area contributed by atoms with Crippen LogP contribution in [0.4, 0.5) is 0 Å². The number of rotatable bonds is 6. The molecule has 0 aliphatic heterocycles. The summed E-state index contributed by atoms with van der Waals surface area (Å²) < 4.78 is 0. The third-order valence-electron chi connectivity index (χ3n) is 1.67. The van der Waals surface area contributed by atoms with E-state index < -0.39 is 0 Å². The van der Waals surface area contributed by atoms with Gasteiger partial charge in [0.25, 0.3) is 0 Å². The average molecular weight is 231 g/mol. The molecular formula is C9H24Cl2N2. The van der Waals surface area contributed by atoms with Crippen LogP contribution < -0.4 is 11.1 Å². The highest BCUT2D eigenvalue weighted by Gasteiger charge is 1.94. The standard InChI is InChI=1S/C9H22N2.2ClH/c1-8(2)4-6-11-7-5-9(3)10;;/h8-9,11H,4-7,10H2,1-3H3;2*1H/t9-;;/m0../s1. The van der Waals surface area contributed by atoms with Gasteiger partial charge in [-0.1, -0.05) is 13.8 Å². The Labute approximate surface area is 94.9 Å². The Hall–Kier alpha value is 0.500. The topological polar surface area (TPSA) is 38.0 Å². The van der Waals surface area contributed by atoms with Gasteiger partial charge >= 0.3 is 0 Å². The summed E-state index contributed by atoms with van der Waals surface area (Å²) >= 11 is 0. The van der Waals surface area contributed by atoms with Crippen molar-refractivity contribution in [3.8, 4) is 0 Å². The Kier molecular flexibility index (Phi) is 18.4. The molecule has 2 nitrogen and oxygen atoms in total. The maximum Gasteiger partial charge on any atom is 0.00225 e. The predicted octanol–water partition coefficient (Wildman–Crippen LogP) is 2.20. The van der Waals surface area contributed by atoms with Gasteiger partial charge in [0.05, 0.1) is 0 Å². The van der Waals surface area contributed by atoms with Crippen molar-refractivity contribution in [3.63, 3.8) is 0 Å². The van der Waals surface area contributed by atoms with Crippen molar-refractivity contribution in [2.24, 2.45) is 11.7 Å². The first-order chi connectivity index (χ1) is 5.13. The first-order valence-electron chi connectivity index (χ1n) is 4.59. The fourth-order valence-corrected chi connectivity index (χ4v) is 0.845. The number of nitrogens with one attached hydrogen (secondary N) is 1. The van der Waals surface area contributed by atoms with E-state index in [1.165, 1.54) is 6.42 Å². The van der Waals surface area contributed by atoms with Crippen molar-refractivity contribution in [1.82, 2.24) is 5.32 Å². The highest BCUT2D eigenvalue weighted by Crippen LogP contribution is 1.96. The molecule has 4 heteroatoms. The van der Waals surface area contributed by atoms with Crippen LogP contribution in [0.1, 0.15) is 33.6 Å². The van der Waals surface area contributed by atoms with E-state index in [2.05, 4.69) is 19.2 Å². The van der Waals surface area contributed by atoms with Gasteiger partial charge in [-0.15, -0.1) is 24.8 Å².